The number of nitrogens with zero attached hydrogens (tertiary/aromatic N) is 2. The molecular weight excluding hydrogens is 300 g/mol. The molecule has 1 saturated heterocycles. The third kappa shape index (κ3) is 3.20. The average Bonchev–Trinajstić information content (AvgIpc) is 2.62. The molecule has 4 rings (SSSR count). The van der Waals surface area contributed by atoms with Crippen LogP contribution in [0.1, 0.15) is 11.1 Å². The number of para-hydroxylation sites is 1. The van der Waals surface area contributed by atoms with Gasteiger partial charge < -0.3 is 14.4 Å². The molecule has 0 N–H and O–H groups in total. The maximum absolute atomic E-state index is 5.86. The Morgan fingerprint density at radius 2 is 1.71 bits per heavy atom. The molecule has 0 amide bonds. The average molecular weight is 324 g/mol. The van der Waals surface area contributed by atoms with Gasteiger partial charge in [-0.15, -0.1) is 0 Å². The van der Waals surface area contributed by atoms with E-state index in [0.29, 0.717) is 13.2 Å². The highest BCUT2D eigenvalue weighted by Crippen LogP contribution is 2.39. The van der Waals surface area contributed by atoms with Crippen molar-refractivity contribution in [1.82, 2.24) is 4.90 Å². The molecule has 126 valence electrons. The second-order valence-corrected chi connectivity index (χ2v) is 6.55. The number of ether oxygens (including phenoxy) is 2. The molecule has 0 atom stereocenters. The maximum atomic E-state index is 5.86. The zero-order valence-corrected chi connectivity index (χ0v) is 14.2. The van der Waals surface area contributed by atoms with Crippen LogP contribution in [0, 0.1) is 6.92 Å². The number of aryl methyl sites for hydroxylation is 1. The van der Waals surface area contributed by atoms with Crippen molar-refractivity contribution < 1.29 is 9.47 Å². The SMILES string of the molecule is Cc1cccc(CN2CCN(c3cccc4c3OCCO4)CC2)c1. The van der Waals surface area contributed by atoms with Crippen molar-refractivity contribution in [3.8, 4) is 11.5 Å². The van der Waals surface area contributed by atoms with E-state index in [9.17, 15) is 0 Å². The molecule has 0 aromatic heterocycles. The monoisotopic (exact) mass is 324 g/mol. The standard InChI is InChI=1S/C20H24N2O2/c1-16-4-2-5-17(14-16)15-21-8-10-22(11-9-21)18-6-3-7-19-20(18)24-13-12-23-19/h2-7,14H,8-13,15H2,1H3. The minimum Gasteiger partial charge on any atom is -0.486 e. The summed E-state index contributed by atoms with van der Waals surface area (Å²) in [5.41, 5.74) is 3.90. The summed E-state index contributed by atoms with van der Waals surface area (Å²) in [5.74, 6) is 1.79. The Hall–Kier alpha value is -2.20. The first-order valence-electron chi connectivity index (χ1n) is 8.71. The number of hydrogen-bond donors (Lipinski definition) is 0. The van der Waals surface area contributed by atoms with E-state index in [4.69, 9.17) is 9.47 Å². The highest BCUT2D eigenvalue weighted by atomic mass is 16.6. The molecule has 0 aliphatic carbocycles. The lowest BCUT2D eigenvalue weighted by Crippen LogP contribution is -2.46. The fraction of sp³-hybridized carbons (Fsp3) is 0.400. The highest BCUT2D eigenvalue weighted by Gasteiger charge is 2.23. The van der Waals surface area contributed by atoms with Crippen LogP contribution in [0.15, 0.2) is 42.5 Å². The van der Waals surface area contributed by atoms with Crippen molar-refractivity contribution in [2.45, 2.75) is 13.5 Å². The molecular formula is C20H24N2O2. The predicted octanol–water partition coefficient (Wildman–Crippen LogP) is 3.09. The van der Waals surface area contributed by atoms with E-state index in [1.807, 2.05) is 6.07 Å². The normalized spacial score (nSPS) is 17.8. The Morgan fingerprint density at radius 1 is 0.917 bits per heavy atom. The van der Waals surface area contributed by atoms with E-state index in [1.165, 1.54) is 16.8 Å². The molecule has 4 heteroatoms. The van der Waals surface area contributed by atoms with E-state index in [2.05, 4.69) is 53.1 Å². The molecule has 0 spiro atoms. The zero-order chi connectivity index (χ0) is 16.4. The van der Waals surface area contributed by atoms with E-state index in [-0.39, 0.29) is 0 Å². The summed E-state index contributed by atoms with van der Waals surface area (Å²) in [6.07, 6.45) is 0. The summed E-state index contributed by atoms with van der Waals surface area (Å²) in [6, 6.07) is 15.0. The third-order valence-corrected chi connectivity index (χ3v) is 4.75. The first-order valence-corrected chi connectivity index (χ1v) is 8.71. The van der Waals surface area contributed by atoms with Crippen LogP contribution in [0.4, 0.5) is 5.69 Å². The second kappa shape index (κ2) is 6.73. The molecule has 2 aliphatic rings. The van der Waals surface area contributed by atoms with Gasteiger partial charge in [0.1, 0.15) is 13.2 Å². The van der Waals surface area contributed by atoms with E-state index in [0.717, 1.165) is 44.2 Å². The van der Waals surface area contributed by atoms with Crippen LogP contribution < -0.4 is 14.4 Å². The molecule has 2 aromatic rings. The van der Waals surface area contributed by atoms with Crippen LogP contribution in [-0.2, 0) is 6.54 Å². The number of fused-ring (bicyclic) bond motifs is 1. The maximum Gasteiger partial charge on any atom is 0.184 e. The molecule has 0 unspecified atom stereocenters. The van der Waals surface area contributed by atoms with Gasteiger partial charge in [-0.05, 0) is 24.6 Å². The van der Waals surface area contributed by atoms with Gasteiger partial charge in [0.2, 0.25) is 0 Å². The van der Waals surface area contributed by atoms with Crippen molar-refractivity contribution in [2.24, 2.45) is 0 Å². The summed E-state index contributed by atoms with van der Waals surface area (Å²) in [7, 11) is 0. The fourth-order valence-electron chi connectivity index (χ4n) is 3.52. The van der Waals surface area contributed by atoms with Crippen LogP contribution in [0.25, 0.3) is 0 Å². The van der Waals surface area contributed by atoms with Crippen LogP contribution in [0.2, 0.25) is 0 Å². The van der Waals surface area contributed by atoms with Crippen molar-refractivity contribution in [2.75, 3.05) is 44.3 Å². The van der Waals surface area contributed by atoms with Gasteiger partial charge in [0.05, 0.1) is 5.69 Å². The van der Waals surface area contributed by atoms with E-state index in [1.54, 1.807) is 0 Å². The Morgan fingerprint density at radius 3 is 2.54 bits per heavy atom. The van der Waals surface area contributed by atoms with Gasteiger partial charge in [-0.1, -0.05) is 35.9 Å². The molecule has 2 aromatic carbocycles. The first-order chi connectivity index (χ1) is 11.8. The largest absolute Gasteiger partial charge is 0.486 e. The lowest BCUT2D eigenvalue weighted by atomic mass is 10.1. The quantitative estimate of drug-likeness (QED) is 0.866. The summed E-state index contributed by atoms with van der Waals surface area (Å²) < 4.78 is 11.6. The smallest absolute Gasteiger partial charge is 0.184 e. The van der Waals surface area contributed by atoms with Crippen molar-refractivity contribution in [3.63, 3.8) is 0 Å². The second-order valence-electron chi connectivity index (χ2n) is 6.55. The van der Waals surface area contributed by atoms with E-state index < -0.39 is 0 Å². The van der Waals surface area contributed by atoms with Gasteiger partial charge in [-0.25, -0.2) is 0 Å². The van der Waals surface area contributed by atoms with Gasteiger partial charge in [-0.2, -0.15) is 0 Å². The number of anilines is 1. The minimum absolute atomic E-state index is 0.636. The number of piperazine rings is 1. The third-order valence-electron chi connectivity index (χ3n) is 4.75. The molecule has 2 heterocycles. The Bertz CT molecular complexity index is 709. The fourth-order valence-corrected chi connectivity index (χ4v) is 3.52. The predicted molar refractivity (Wildman–Crippen MR) is 96.1 cm³/mol. The van der Waals surface area contributed by atoms with Crippen LogP contribution in [0.3, 0.4) is 0 Å². The molecule has 24 heavy (non-hydrogen) atoms. The molecule has 1 fully saturated rings. The van der Waals surface area contributed by atoms with Crippen molar-refractivity contribution >= 4 is 5.69 Å². The van der Waals surface area contributed by atoms with Crippen LogP contribution in [-0.4, -0.2) is 44.3 Å². The number of benzene rings is 2. The first kappa shape index (κ1) is 15.3. The van der Waals surface area contributed by atoms with Gasteiger partial charge in [0.15, 0.2) is 11.5 Å². The summed E-state index contributed by atoms with van der Waals surface area (Å²) in [5, 5.41) is 0. The molecule has 0 bridgehead atoms. The van der Waals surface area contributed by atoms with Gasteiger partial charge in [-0.3, -0.25) is 4.90 Å². The van der Waals surface area contributed by atoms with Gasteiger partial charge >= 0.3 is 0 Å². The molecule has 0 saturated carbocycles. The lowest BCUT2D eigenvalue weighted by molar-refractivity contribution is 0.171. The van der Waals surface area contributed by atoms with Crippen LogP contribution in [0.5, 0.6) is 11.5 Å². The summed E-state index contributed by atoms with van der Waals surface area (Å²) in [4.78, 5) is 4.94. The Kier molecular flexibility index (Phi) is 4.30. The van der Waals surface area contributed by atoms with Gasteiger partial charge in [0.25, 0.3) is 0 Å². The van der Waals surface area contributed by atoms with Crippen molar-refractivity contribution in [3.05, 3.63) is 53.6 Å². The number of hydrogen-bond acceptors (Lipinski definition) is 4. The van der Waals surface area contributed by atoms with Crippen LogP contribution >= 0.6 is 0 Å². The van der Waals surface area contributed by atoms with E-state index >= 15 is 0 Å². The zero-order valence-electron chi connectivity index (χ0n) is 14.2. The molecule has 0 radical (unpaired) electrons. The Labute approximate surface area is 143 Å². The molecule has 4 nitrogen and oxygen atoms in total. The number of rotatable bonds is 3. The lowest BCUT2D eigenvalue weighted by Gasteiger charge is -2.37. The summed E-state index contributed by atoms with van der Waals surface area (Å²) in [6.45, 7) is 8.64. The minimum atomic E-state index is 0.636. The Balaban J connectivity index is 1.41. The van der Waals surface area contributed by atoms with Gasteiger partial charge in [0, 0.05) is 32.7 Å². The van der Waals surface area contributed by atoms with Crippen molar-refractivity contribution in [1.29, 1.82) is 0 Å². The molecule has 2 aliphatic heterocycles. The topological polar surface area (TPSA) is 24.9 Å². The highest BCUT2D eigenvalue weighted by molar-refractivity contribution is 5.65. The summed E-state index contributed by atoms with van der Waals surface area (Å²) >= 11 is 0.